The molecule has 2 aromatic carbocycles. The van der Waals surface area contributed by atoms with Crippen LogP contribution in [0.4, 0.5) is 0 Å². The minimum Gasteiger partial charge on any atom is -0.426 e. The molecule has 0 atom stereocenters. The molecule has 0 unspecified atom stereocenters. The number of rotatable bonds is 6. The van der Waals surface area contributed by atoms with Gasteiger partial charge in [-0.25, -0.2) is 4.57 Å². The number of hydrogen-bond donors (Lipinski definition) is 0. The van der Waals surface area contributed by atoms with E-state index in [4.69, 9.17) is 9.05 Å². The largest absolute Gasteiger partial charge is 0.426 e. The van der Waals surface area contributed by atoms with Crippen LogP contribution < -0.4 is 0 Å². The van der Waals surface area contributed by atoms with Crippen LogP contribution in [0, 0.1) is 0 Å². The van der Waals surface area contributed by atoms with Crippen LogP contribution in [-0.4, -0.2) is 0 Å². The van der Waals surface area contributed by atoms with Crippen molar-refractivity contribution < 1.29 is 13.6 Å². The fourth-order valence-electron chi connectivity index (χ4n) is 1.49. The molecule has 0 aliphatic heterocycles. The molecule has 0 aliphatic carbocycles. The Labute approximate surface area is 119 Å². The fraction of sp³-hybridized carbons (Fsp3) is 0. The minimum atomic E-state index is -2.55. The van der Waals surface area contributed by atoms with Crippen LogP contribution in [0.25, 0.3) is 12.2 Å². The molecule has 0 spiro atoms. The van der Waals surface area contributed by atoms with E-state index >= 15 is 0 Å². The SMILES string of the molecule is O=[PH](OC=Cc1ccccc1)OC=Cc1ccccc1. The average molecular weight is 286 g/mol. The highest BCUT2D eigenvalue weighted by Gasteiger charge is 1.93. The van der Waals surface area contributed by atoms with Gasteiger partial charge in [0, 0.05) is 0 Å². The molecule has 0 aromatic heterocycles. The Morgan fingerprint density at radius 1 is 0.700 bits per heavy atom. The molecular weight excluding hydrogens is 271 g/mol. The molecule has 0 radical (unpaired) electrons. The van der Waals surface area contributed by atoms with Crippen molar-refractivity contribution in [2.24, 2.45) is 0 Å². The summed E-state index contributed by atoms with van der Waals surface area (Å²) in [7, 11) is -2.55. The third-order valence-electron chi connectivity index (χ3n) is 2.45. The molecule has 2 aromatic rings. The Kier molecular flexibility index (Phi) is 5.69. The lowest BCUT2D eigenvalue weighted by Crippen LogP contribution is -1.73. The van der Waals surface area contributed by atoms with Crippen LogP contribution in [-0.2, 0) is 13.6 Å². The second-order valence-electron chi connectivity index (χ2n) is 3.91. The van der Waals surface area contributed by atoms with Gasteiger partial charge in [-0.1, -0.05) is 60.7 Å². The van der Waals surface area contributed by atoms with Gasteiger partial charge in [0.15, 0.2) is 0 Å². The predicted octanol–water partition coefficient (Wildman–Crippen LogP) is 4.75. The Balaban J connectivity index is 1.76. The van der Waals surface area contributed by atoms with Crippen molar-refractivity contribution in [3.8, 4) is 0 Å². The van der Waals surface area contributed by atoms with Gasteiger partial charge in [0.05, 0.1) is 12.5 Å². The van der Waals surface area contributed by atoms with Crippen molar-refractivity contribution in [1.29, 1.82) is 0 Å². The van der Waals surface area contributed by atoms with E-state index in [0.717, 1.165) is 11.1 Å². The molecule has 102 valence electrons. The van der Waals surface area contributed by atoms with Gasteiger partial charge in [-0.05, 0) is 23.3 Å². The lowest BCUT2D eigenvalue weighted by molar-refractivity contribution is 0.358. The highest BCUT2D eigenvalue weighted by atomic mass is 31.1. The van der Waals surface area contributed by atoms with E-state index in [9.17, 15) is 4.57 Å². The summed E-state index contributed by atoms with van der Waals surface area (Å²) in [5, 5.41) is 0. The maximum absolute atomic E-state index is 11.5. The first kappa shape index (κ1) is 14.2. The Bertz CT molecular complexity index is 538. The third-order valence-corrected chi connectivity index (χ3v) is 3.11. The van der Waals surface area contributed by atoms with Crippen LogP contribution >= 0.6 is 8.25 Å². The summed E-state index contributed by atoms with van der Waals surface area (Å²) in [4.78, 5) is 0. The topological polar surface area (TPSA) is 35.5 Å². The van der Waals surface area contributed by atoms with Crippen LogP contribution in [0.2, 0.25) is 0 Å². The van der Waals surface area contributed by atoms with Gasteiger partial charge in [-0.3, -0.25) is 0 Å². The van der Waals surface area contributed by atoms with Gasteiger partial charge in [-0.2, -0.15) is 0 Å². The first-order valence-corrected chi connectivity index (χ1v) is 7.37. The first-order valence-electron chi connectivity index (χ1n) is 6.15. The molecule has 0 amide bonds. The average Bonchev–Trinajstić information content (AvgIpc) is 2.49. The van der Waals surface area contributed by atoms with Crippen LogP contribution in [0.5, 0.6) is 0 Å². The summed E-state index contributed by atoms with van der Waals surface area (Å²) in [6, 6.07) is 19.2. The standard InChI is InChI=1S/C16H15O3P/c17-20(18-13-11-15-7-3-1-4-8-15)19-14-12-16-9-5-2-6-10-16/h1-14,20H. The van der Waals surface area contributed by atoms with Crippen molar-refractivity contribution in [3.63, 3.8) is 0 Å². The summed E-state index contributed by atoms with van der Waals surface area (Å²) in [6.45, 7) is 0. The quantitative estimate of drug-likeness (QED) is 0.567. The van der Waals surface area contributed by atoms with Crippen molar-refractivity contribution in [2.45, 2.75) is 0 Å². The van der Waals surface area contributed by atoms with Crippen LogP contribution in [0.3, 0.4) is 0 Å². The van der Waals surface area contributed by atoms with Crippen molar-refractivity contribution in [1.82, 2.24) is 0 Å². The smallest absolute Gasteiger partial charge is 0.417 e. The van der Waals surface area contributed by atoms with Crippen molar-refractivity contribution in [3.05, 3.63) is 84.3 Å². The van der Waals surface area contributed by atoms with E-state index in [-0.39, 0.29) is 0 Å². The van der Waals surface area contributed by atoms with E-state index in [1.807, 2.05) is 60.7 Å². The molecular formula is C16H15O3P. The molecule has 0 heterocycles. The zero-order chi connectivity index (χ0) is 14.0. The van der Waals surface area contributed by atoms with E-state index in [0.29, 0.717) is 0 Å². The number of hydrogen-bond acceptors (Lipinski definition) is 3. The minimum absolute atomic E-state index is 0.974. The molecule has 0 saturated carbocycles. The van der Waals surface area contributed by atoms with E-state index in [1.54, 1.807) is 12.2 Å². The summed E-state index contributed by atoms with van der Waals surface area (Å²) in [5.41, 5.74) is 1.95. The molecule has 4 heteroatoms. The van der Waals surface area contributed by atoms with Gasteiger partial charge in [0.25, 0.3) is 0 Å². The van der Waals surface area contributed by atoms with Crippen LogP contribution in [0.15, 0.2) is 73.2 Å². The predicted molar refractivity (Wildman–Crippen MR) is 82.1 cm³/mol. The first-order chi connectivity index (χ1) is 9.84. The molecule has 0 fully saturated rings. The maximum Gasteiger partial charge on any atom is 0.417 e. The number of benzene rings is 2. The zero-order valence-corrected chi connectivity index (χ0v) is 11.8. The summed E-state index contributed by atoms with van der Waals surface area (Å²) in [6.07, 6.45) is 6.22. The molecule has 0 bridgehead atoms. The van der Waals surface area contributed by atoms with Gasteiger partial charge in [0.1, 0.15) is 0 Å². The molecule has 0 saturated heterocycles. The Hall–Kier alpha value is -2.25. The molecule has 0 aliphatic rings. The highest BCUT2D eigenvalue weighted by Crippen LogP contribution is 2.25. The van der Waals surface area contributed by atoms with Crippen molar-refractivity contribution in [2.75, 3.05) is 0 Å². The summed E-state index contributed by atoms with van der Waals surface area (Å²) in [5.74, 6) is 0. The lowest BCUT2D eigenvalue weighted by Gasteiger charge is -1.99. The molecule has 0 N–H and O–H groups in total. The second kappa shape index (κ2) is 8.03. The molecule has 2 rings (SSSR count). The van der Waals surface area contributed by atoms with Crippen molar-refractivity contribution >= 4 is 20.4 Å². The van der Waals surface area contributed by atoms with Gasteiger partial charge in [0.2, 0.25) is 0 Å². The monoisotopic (exact) mass is 286 g/mol. The van der Waals surface area contributed by atoms with Gasteiger partial charge in [-0.15, -0.1) is 0 Å². The maximum atomic E-state index is 11.5. The summed E-state index contributed by atoms with van der Waals surface area (Å²) < 4.78 is 21.4. The lowest BCUT2D eigenvalue weighted by atomic mass is 10.2. The van der Waals surface area contributed by atoms with E-state index in [1.165, 1.54) is 12.5 Å². The van der Waals surface area contributed by atoms with E-state index in [2.05, 4.69) is 0 Å². The molecule has 20 heavy (non-hydrogen) atoms. The Morgan fingerprint density at radius 2 is 1.10 bits per heavy atom. The summed E-state index contributed by atoms with van der Waals surface area (Å²) >= 11 is 0. The normalized spacial score (nSPS) is 12.6. The van der Waals surface area contributed by atoms with Gasteiger partial charge < -0.3 is 9.05 Å². The second-order valence-corrected chi connectivity index (χ2v) is 4.88. The molecule has 3 nitrogen and oxygen atoms in total. The Morgan fingerprint density at radius 3 is 1.50 bits per heavy atom. The van der Waals surface area contributed by atoms with Crippen LogP contribution in [0.1, 0.15) is 11.1 Å². The van der Waals surface area contributed by atoms with E-state index < -0.39 is 8.25 Å². The third kappa shape index (κ3) is 5.17. The fourth-order valence-corrected chi connectivity index (χ4v) is 1.91. The van der Waals surface area contributed by atoms with Gasteiger partial charge >= 0.3 is 8.25 Å². The zero-order valence-electron chi connectivity index (χ0n) is 10.8. The highest BCUT2D eigenvalue weighted by molar-refractivity contribution is 7.33.